The summed E-state index contributed by atoms with van der Waals surface area (Å²) in [6.07, 6.45) is 3.25. The smallest absolute Gasteiger partial charge is 0.106 e. The first-order valence-electron chi connectivity index (χ1n) is 6.58. The van der Waals surface area contributed by atoms with Crippen LogP contribution in [0, 0.1) is 6.92 Å². The second-order valence-corrected chi connectivity index (χ2v) is 5.88. The standard InChI is InChI=1S/C15H23N3/c1-11-17-13-10-12(6-5-9-15(2,3)16)7-8-14(13)18(11)4/h7-8,10H,5-6,9,16H2,1-4H3. The van der Waals surface area contributed by atoms with Crippen LogP contribution in [-0.4, -0.2) is 15.1 Å². The van der Waals surface area contributed by atoms with Crippen LogP contribution in [-0.2, 0) is 13.5 Å². The maximum absolute atomic E-state index is 6.00. The number of aryl methyl sites for hydroxylation is 3. The summed E-state index contributed by atoms with van der Waals surface area (Å²) in [6, 6.07) is 6.57. The molecular weight excluding hydrogens is 222 g/mol. The van der Waals surface area contributed by atoms with Gasteiger partial charge < -0.3 is 10.3 Å². The predicted octanol–water partition coefficient (Wildman–Crippen LogP) is 2.94. The Morgan fingerprint density at radius 1 is 1.33 bits per heavy atom. The van der Waals surface area contributed by atoms with E-state index in [4.69, 9.17) is 5.73 Å². The second-order valence-electron chi connectivity index (χ2n) is 5.88. The van der Waals surface area contributed by atoms with Gasteiger partial charge in [-0.1, -0.05) is 6.07 Å². The van der Waals surface area contributed by atoms with E-state index in [1.54, 1.807) is 0 Å². The number of benzene rings is 1. The van der Waals surface area contributed by atoms with Gasteiger partial charge in [-0.05, 0) is 57.7 Å². The van der Waals surface area contributed by atoms with Gasteiger partial charge >= 0.3 is 0 Å². The van der Waals surface area contributed by atoms with Crippen LogP contribution in [0.4, 0.5) is 0 Å². The number of hydrogen-bond donors (Lipinski definition) is 1. The molecule has 3 heteroatoms. The third-order valence-corrected chi connectivity index (χ3v) is 3.46. The Labute approximate surface area is 109 Å². The van der Waals surface area contributed by atoms with Crippen LogP contribution >= 0.6 is 0 Å². The van der Waals surface area contributed by atoms with E-state index < -0.39 is 0 Å². The van der Waals surface area contributed by atoms with Crippen molar-refractivity contribution in [3.8, 4) is 0 Å². The van der Waals surface area contributed by atoms with E-state index in [0.29, 0.717) is 0 Å². The highest BCUT2D eigenvalue weighted by Gasteiger charge is 2.10. The van der Waals surface area contributed by atoms with Crippen LogP contribution in [0.15, 0.2) is 18.2 Å². The van der Waals surface area contributed by atoms with Crippen LogP contribution in [0.3, 0.4) is 0 Å². The highest BCUT2D eigenvalue weighted by molar-refractivity contribution is 5.76. The summed E-state index contributed by atoms with van der Waals surface area (Å²) in [5.74, 6) is 1.06. The first-order valence-corrected chi connectivity index (χ1v) is 6.58. The molecule has 2 aromatic rings. The first-order chi connectivity index (χ1) is 8.37. The summed E-state index contributed by atoms with van der Waals surface area (Å²) < 4.78 is 2.13. The quantitative estimate of drug-likeness (QED) is 0.900. The minimum Gasteiger partial charge on any atom is -0.331 e. The Bertz CT molecular complexity index is 547. The number of rotatable bonds is 4. The van der Waals surface area contributed by atoms with Crippen LogP contribution in [0.2, 0.25) is 0 Å². The molecule has 0 radical (unpaired) electrons. The van der Waals surface area contributed by atoms with Crippen molar-refractivity contribution in [2.75, 3.05) is 0 Å². The molecule has 0 spiro atoms. The van der Waals surface area contributed by atoms with Crippen molar-refractivity contribution in [1.29, 1.82) is 0 Å². The highest BCUT2D eigenvalue weighted by Crippen LogP contribution is 2.18. The molecule has 3 nitrogen and oxygen atoms in total. The maximum Gasteiger partial charge on any atom is 0.106 e. The number of fused-ring (bicyclic) bond motifs is 1. The molecule has 98 valence electrons. The second kappa shape index (κ2) is 4.73. The van der Waals surface area contributed by atoms with Gasteiger partial charge in [0.15, 0.2) is 0 Å². The van der Waals surface area contributed by atoms with Crippen molar-refractivity contribution < 1.29 is 0 Å². The molecule has 1 aromatic heterocycles. The van der Waals surface area contributed by atoms with Gasteiger partial charge in [0, 0.05) is 12.6 Å². The van der Waals surface area contributed by atoms with E-state index in [-0.39, 0.29) is 5.54 Å². The fraction of sp³-hybridized carbons (Fsp3) is 0.533. The Morgan fingerprint density at radius 2 is 2.06 bits per heavy atom. The van der Waals surface area contributed by atoms with Crippen molar-refractivity contribution in [3.63, 3.8) is 0 Å². The maximum atomic E-state index is 6.00. The average Bonchev–Trinajstić information content (AvgIpc) is 2.53. The Kier molecular flexibility index (Phi) is 3.44. The molecule has 2 N–H and O–H groups in total. The summed E-state index contributed by atoms with van der Waals surface area (Å²) in [5.41, 5.74) is 9.59. The van der Waals surface area contributed by atoms with Crippen molar-refractivity contribution in [3.05, 3.63) is 29.6 Å². The van der Waals surface area contributed by atoms with Gasteiger partial charge in [-0.25, -0.2) is 4.98 Å². The zero-order valence-electron chi connectivity index (χ0n) is 11.8. The zero-order valence-corrected chi connectivity index (χ0v) is 11.8. The summed E-state index contributed by atoms with van der Waals surface area (Å²) >= 11 is 0. The lowest BCUT2D eigenvalue weighted by atomic mass is 9.97. The summed E-state index contributed by atoms with van der Waals surface area (Å²) in [6.45, 7) is 6.20. The van der Waals surface area contributed by atoms with Crippen molar-refractivity contribution >= 4 is 11.0 Å². The van der Waals surface area contributed by atoms with Gasteiger partial charge in [0.25, 0.3) is 0 Å². The lowest BCUT2D eigenvalue weighted by molar-refractivity contribution is 0.459. The summed E-state index contributed by atoms with van der Waals surface area (Å²) in [7, 11) is 2.06. The lowest BCUT2D eigenvalue weighted by Crippen LogP contribution is -2.31. The largest absolute Gasteiger partial charge is 0.331 e. The normalized spacial score (nSPS) is 12.3. The number of nitrogens with two attached hydrogens (primary N) is 1. The fourth-order valence-corrected chi connectivity index (χ4v) is 2.27. The number of hydrogen-bond acceptors (Lipinski definition) is 2. The minimum absolute atomic E-state index is 0.0638. The molecule has 0 aliphatic rings. The van der Waals surface area contributed by atoms with Gasteiger partial charge in [0.2, 0.25) is 0 Å². The summed E-state index contributed by atoms with van der Waals surface area (Å²) in [4.78, 5) is 4.57. The fourth-order valence-electron chi connectivity index (χ4n) is 2.27. The van der Waals surface area contributed by atoms with Gasteiger partial charge in [-0.3, -0.25) is 0 Å². The van der Waals surface area contributed by atoms with Crippen LogP contribution in [0.25, 0.3) is 11.0 Å². The molecule has 0 saturated heterocycles. The van der Waals surface area contributed by atoms with Crippen LogP contribution in [0.1, 0.15) is 38.1 Å². The molecule has 1 aromatic carbocycles. The molecule has 0 amide bonds. The Balaban J connectivity index is 2.11. The monoisotopic (exact) mass is 245 g/mol. The van der Waals surface area contributed by atoms with E-state index in [9.17, 15) is 0 Å². The topological polar surface area (TPSA) is 43.8 Å². The van der Waals surface area contributed by atoms with E-state index in [0.717, 1.165) is 30.6 Å². The van der Waals surface area contributed by atoms with Crippen molar-refractivity contribution in [1.82, 2.24) is 9.55 Å². The molecule has 0 saturated carbocycles. The highest BCUT2D eigenvalue weighted by atomic mass is 15.0. The first kappa shape index (κ1) is 13.1. The van der Waals surface area contributed by atoms with Gasteiger partial charge in [0.1, 0.15) is 5.82 Å². The SMILES string of the molecule is Cc1nc2cc(CCCC(C)(C)N)ccc2n1C. The van der Waals surface area contributed by atoms with Gasteiger partial charge in [0.05, 0.1) is 11.0 Å². The lowest BCUT2D eigenvalue weighted by Gasteiger charge is -2.17. The number of aromatic nitrogens is 2. The number of imidazole rings is 1. The molecule has 18 heavy (non-hydrogen) atoms. The third kappa shape index (κ3) is 2.91. The summed E-state index contributed by atoms with van der Waals surface area (Å²) in [5, 5.41) is 0. The van der Waals surface area contributed by atoms with Gasteiger partial charge in [-0.15, -0.1) is 0 Å². The Hall–Kier alpha value is -1.35. The molecule has 1 heterocycles. The predicted molar refractivity (Wildman–Crippen MR) is 76.7 cm³/mol. The molecule has 0 aliphatic heterocycles. The molecule has 0 bridgehead atoms. The van der Waals surface area contributed by atoms with Crippen molar-refractivity contribution in [2.24, 2.45) is 12.8 Å². The van der Waals surface area contributed by atoms with Crippen molar-refractivity contribution in [2.45, 2.75) is 45.6 Å². The molecule has 0 atom stereocenters. The van der Waals surface area contributed by atoms with Crippen LogP contribution < -0.4 is 5.73 Å². The molecule has 0 aliphatic carbocycles. The van der Waals surface area contributed by atoms with Gasteiger partial charge in [-0.2, -0.15) is 0 Å². The van der Waals surface area contributed by atoms with E-state index in [1.807, 2.05) is 6.92 Å². The zero-order chi connectivity index (χ0) is 13.3. The number of nitrogens with zero attached hydrogens (tertiary/aromatic N) is 2. The molecule has 2 rings (SSSR count). The average molecular weight is 245 g/mol. The van der Waals surface area contributed by atoms with E-state index in [1.165, 1.54) is 11.1 Å². The van der Waals surface area contributed by atoms with E-state index in [2.05, 4.69) is 48.6 Å². The Morgan fingerprint density at radius 3 is 2.72 bits per heavy atom. The third-order valence-electron chi connectivity index (χ3n) is 3.46. The van der Waals surface area contributed by atoms with Crippen LogP contribution in [0.5, 0.6) is 0 Å². The molecule has 0 fully saturated rings. The molecular formula is C15H23N3. The van der Waals surface area contributed by atoms with E-state index >= 15 is 0 Å². The minimum atomic E-state index is -0.0638. The molecule has 0 unspecified atom stereocenters.